The molecule has 1 aliphatic carbocycles. The smallest absolute Gasteiger partial charge is 0.0859 e. The van der Waals surface area contributed by atoms with Gasteiger partial charge in [0.05, 0.1) is 12.2 Å². The lowest BCUT2D eigenvalue weighted by Crippen LogP contribution is -2.62. The number of piperidine rings is 1. The van der Waals surface area contributed by atoms with E-state index in [9.17, 15) is 0 Å². The molecule has 2 heterocycles. The Morgan fingerprint density at radius 2 is 1.94 bits per heavy atom. The molecule has 0 radical (unpaired) electrons. The van der Waals surface area contributed by atoms with Gasteiger partial charge in [0, 0.05) is 12.6 Å². The molecule has 0 amide bonds. The molecule has 3 nitrogen and oxygen atoms in total. The van der Waals surface area contributed by atoms with Crippen LogP contribution in [0.3, 0.4) is 0 Å². The molecule has 1 atom stereocenters. The zero-order valence-corrected chi connectivity index (χ0v) is 10.1. The highest BCUT2D eigenvalue weighted by Crippen LogP contribution is 2.37. The van der Waals surface area contributed by atoms with Crippen LogP contribution in [0, 0.1) is 5.92 Å². The van der Waals surface area contributed by atoms with Crippen LogP contribution < -0.4 is 10.6 Å². The molecule has 1 spiro atoms. The Morgan fingerprint density at radius 1 is 1.12 bits per heavy atom. The predicted molar refractivity (Wildman–Crippen MR) is 64.5 cm³/mol. The molecule has 2 aliphatic heterocycles. The Hall–Kier alpha value is -0.120. The third-order valence-corrected chi connectivity index (χ3v) is 4.76. The van der Waals surface area contributed by atoms with Gasteiger partial charge in [0.25, 0.3) is 0 Å². The fourth-order valence-corrected chi connectivity index (χ4v) is 3.48. The summed E-state index contributed by atoms with van der Waals surface area (Å²) in [4.78, 5) is 0. The van der Waals surface area contributed by atoms with E-state index in [1.165, 1.54) is 38.5 Å². The normalized spacial score (nSPS) is 34.9. The first kappa shape index (κ1) is 11.0. The molecule has 2 saturated heterocycles. The van der Waals surface area contributed by atoms with Crippen molar-refractivity contribution < 1.29 is 4.74 Å². The van der Waals surface area contributed by atoms with E-state index in [4.69, 9.17) is 4.74 Å². The van der Waals surface area contributed by atoms with Gasteiger partial charge in [-0.3, -0.25) is 0 Å². The minimum absolute atomic E-state index is 0.166. The molecule has 3 fully saturated rings. The van der Waals surface area contributed by atoms with Gasteiger partial charge < -0.3 is 15.4 Å². The van der Waals surface area contributed by atoms with Crippen molar-refractivity contribution >= 4 is 0 Å². The molecule has 0 aromatic carbocycles. The Balaban J connectivity index is 1.66. The van der Waals surface area contributed by atoms with E-state index < -0.39 is 0 Å². The second-order valence-electron chi connectivity index (χ2n) is 5.70. The summed E-state index contributed by atoms with van der Waals surface area (Å²) >= 11 is 0. The van der Waals surface area contributed by atoms with E-state index >= 15 is 0 Å². The summed E-state index contributed by atoms with van der Waals surface area (Å²) in [7, 11) is 0. The van der Waals surface area contributed by atoms with Gasteiger partial charge in [0.1, 0.15) is 0 Å². The number of nitrogens with one attached hydrogen (secondary N) is 2. The number of rotatable bonds is 2. The SMILES string of the molecule is C1CC(CC2NCCOC23CCNCC3)C1. The summed E-state index contributed by atoms with van der Waals surface area (Å²) in [6.45, 7) is 4.21. The molecule has 0 aromatic heterocycles. The van der Waals surface area contributed by atoms with Gasteiger partial charge in [0.15, 0.2) is 0 Å². The molecule has 16 heavy (non-hydrogen) atoms. The van der Waals surface area contributed by atoms with Crippen LogP contribution in [-0.4, -0.2) is 37.9 Å². The van der Waals surface area contributed by atoms with Crippen LogP contribution in [0.25, 0.3) is 0 Å². The van der Waals surface area contributed by atoms with E-state index in [0.717, 1.165) is 32.2 Å². The summed E-state index contributed by atoms with van der Waals surface area (Å²) in [5.41, 5.74) is 0.166. The van der Waals surface area contributed by atoms with Crippen LogP contribution in [0.2, 0.25) is 0 Å². The first-order chi connectivity index (χ1) is 7.89. The van der Waals surface area contributed by atoms with Crippen molar-refractivity contribution in [3.05, 3.63) is 0 Å². The zero-order chi connectivity index (χ0) is 10.8. The Labute approximate surface area is 98.3 Å². The highest BCUT2D eigenvalue weighted by Gasteiger charge is 2.43. The van der Waals surface area contributed by atoms with E-state index in [-0.39, 0.29) is 5.60 Å². The van der Waals surface area contributed by atoms with Crippen molar-refractivity contribution in [3.63, 3.8) is 0 Å². The first-order valence-electron chi connectivity index (χ1n) is 6.97. The van der Waals surface area contributed by atoms with Crippen LogP contribution in [0.5, 0.6) is 0 Å². The van der Waals surface area contributed by atoms with Gasteiger partial charge in [-0.25, -0.2) is 0 Å². The number of morpholine rings is 1. The molecule has 92 valence electrons. The third-order valence-electron chi connectivity index (χ3n) is 4.76. The minimum atomic E-state index is 0.166. The summed E-state index contributed by atoms with van der Waals surface area (Å²) in [6.07, 6.45) is 8.08. The molecule has 3 heteroatoms. The average Bonchev–Trinajstić information content (AvgIpc) is 2.27. The van der Waals surface area contributed by atoms with Crippen LogP contribution in [0.4, 0.5) is 0 Å². The fraction of sp³-hybridized carbons (Fsp3) is 1.00. The Morgan fingerprint density at radius 3 is 2.62 bits per heavy atom. The van der Waals surface area contributed by atoms with Crippen molar-refractivity contribution in [1.82, 2.24) is 10.6 Å². The number of ether oxygens (including phenoxy) is 1. The Bertz CT molecular complexity index is 226. The lowest BCUT2D eigenvalue weighted by atomic mass is 9.74. The molecular formula is C13H24N2O. The molecule has 3 aliphatic rings. The van der Waals surface area contributed by atoms with Crippen LogP contribution in [-0.2, 0) is 4.74 Å². The maximum Gasteiger partial charge on any atom is 0.0859 e. The van der Waals surface area contributed by atoms with Gasteiger partial charge in [-0.1, -0.05) is 19.3 Å². The molecular weight excluding hydrogens is 200 g/mol. The average molecular weight is 224 g/mol. The highest BCUT2D eigenvalue weighted by atomic mass is 16.5. The molecule has 2 N–H and O–H groups in total. The van der Waals surface area contributed by atoms with Gasteiger partial charge in [-0.05, 0) is 38.3 Å². The maximum absolute atomic E-state index is 6.19. The monoisotopic (exact) mass is 224 g/mol. The molecule has 0 aromatic rings. The maximum atomic E-state index is 6.19. The largest absolute Gasteiger partial charge is 0.372 e. The quantitative estimate of drug-likeness (QED) is 0.741. The van der Waals surface area contributed by atoms with Crippen molar-refractivity contribution in [3.8, 4) is 0 Å². The predicted octanol–water partition coefficient (Wildman–Crippen LogP) is 1.29. The lowest BCUT2D eigenvalue weighted by molar-refractivity contribution is -0.119. The van der Waals surface area contributed by atoms with Crippen molar-refractivity contribution in [2.45, 2.75) is 50.2 Å². The summed E-state index contributed by atoms with van der Waals surface area (Å²) in [6, 6.07) is 0.619. The molecule has 0 bridgehead atoms. The number of hydrogen-bond donors (Lipinski definition) is 2. The van der Waals surface area contributed by atoms with Crippen LogP contribution >= 0.6 is 0 Å². The van der Waals surface area contributed by atoms with Crippen LogP contribution in [0.15, 0.2) is 0 Å². The molecule has 1 unspecified atom stereocenters. The van der Waals surface area contributed by atoms with E-state index in [2.05, 4.69) is 10.6 Å². The zero-order valence-electron chi connectivity index (χ0n) is 10.1. The first-order valence-corrected chi connectivity index (χ1v) is 6.97. The van der Waals surface area contributed by atoms with Crippen LogP contribution in [0.1, 0.15) is 38.5 Å². The van der Waals surface area contributed by atoms with Gasteiger partial charge in [-0.2, -0.15) is 0 Å². The summed E-state index contributed by atoms with van der Waals surface area (Å²) < 4.78 is 6.19. The second kappa shape index (κ2) is 4.63. The summed E-state index contributed by atoms with van der Waals surface area (Å²) in [5.74, 6) is 0.978. The van der Waals surface area contributed by atoms with E-state index in [0.29, 0.717) is 6.04 Å². The minimum Gasteiger partial charge on any atom is -0.372 e. The standard InChI is InChI=1S/C13H24N2O/c1-2-11(3-1)10-12-13(16-9-8-15-12)4-6-14-7-5-13/h11-12,14-15H,1-10H2. The van der Waals surface area contributed by atoms with Gasteiger partial charge >= 0.3 is 0 Å². The molecule has 3 rings (SSSR count). The van der Waals surface area contributed by atoms with Crippen molar-refractivity contribution in [2.24, 2.45) is 5.92 Å². The topological polar surface area (TPSA) is 33.3 Å². The van der Waals surface area contributed by atoms with Gasteiger partial charge in [-0.15, -0.1) is 0 Å². The lowest BCUT2D eigenvalue weighted by Gasteiger charge is -2.48. The molecule has 1 saturated carbocycles. The Kier molecular flexibility index (Phi) is 3.18. The van der Waals surface area contributed by atoms with Gasteiger partial charge in [0.2, 0.25) is 0 Å². The van der Waals surface area contributed by atoms with E-state index in [1.807, 2.05) is 0 Å². The van der Waals surface area contributed by atoms with Crippen molar-refractivity contribution in [2.75, 3.05) is 26.2 Å². The third kappa shape index (κ3) is 2.01. The van der Waals surface area contributed by atoms with Crippen molar-refractivity contribution in [1.29, 1.82) is 0 Å². The number of hydrogen-bond acceptors (Lipinski definition) is 3. The summed E-state index contributed by atoms with van der Waals surface area (Å²) in [5, 5.41) is 7.18. The second-order valence-corrected chi connectivity index (χ2v) is 5.70. The fourth-order valence-electron chi connectivity index (χ4n) is 3.48. The van der Waals surface area contributed by atoms with E-state index in [1.54, 1.807) is 0 Å². The highest BCUT2D eigenvalue weighted by molar-refractivity contribution is 5.00.